The van der Waals surface area contributed by atoms with E-state index >= 15 is 0 Å². The lowest BCUT2D eigenvalue weighted by Crippen LogP contribution is -2.21. The molecule has 2 rings (SSSR count). The molecular weight excluding hydrogens is 470 g/mol. The van der Waals surface area contributed by atoms with Gasteiger partial charge in [0.1, 0.15) is 11.6 Å². The quantitative estimate of drug-likeness (QED) is 0.156. The van der Waals surface area contributed by atoms with E-state index in [0.29, 0.717) is 5.56 Å². The first-order valence-corrected chi connectivity index (χ1v) is 10.4. The highest BCUT2D eigenvalue weighted by Gasteiger charge is 2.26. The third-order valence-electron chi connectivity index (χ3n) is 4.19. The molecule has 0 unspecified atom stereocenters. The van der Waals surface area contributed by atoms with Crippen LogP contribution in [-0.4, -0.2) is 55.6 Å². The SMILES string of the molecule is COCCOC(=O)c1c(NC(=O)COC(=O)/C=C/c2cccc([N+](=O)[O-])c2)sc(C(N)=O)c1C. The molecule has 1 aromatic heterocycles. The summed E-state index contributed by atoms with van der Waals surface area (Å²) in [6.07, 6.45) is 2.30. The first-order chi connectivity index (χ1) is 16.1. The van der Waals surface area contributed by atoms with Gasteiger partial charge >= 0.3 is 11.9 Å². The minimum Gasteiger partial charge on any atom is -0.460 e. The molecule has 0 saturated heterocycles. The number of hydrogen-bond acceptors (Lipinski definition) is 10. The van der Waals surface area contributed by atoms with Gasteiger partial charge in [0.05, 0.1) is 22.0 Å². The molecule has 1 aromatic carbocycles. The number of esters is 2. The number of carbonyl (C=O) groups is 4. The predicted molar refractivity (Wildman–Crippen MR) is 121 cm³/mol. The van der Waals surface area contributed by atoms with Crippen LogP contribution in [0.25, 0.3) is 6.08 Å². The Kier molecular flexibility index (Phi) is 9.40. The molecule has 0 aliphatic heterocycles. The Morgan fingerprint density at radius 3 is 2.59 bits per heavy atom. The summed E-state index contributed by atoms with van der Waals surface area (Å²) in [6.45, 7) is 0.897. The molecule has 2 amide bonds. The van der Waals surface area contributed by atoms with Gasteiger partial charge in [-0.25, -0.2) is 9.59 Å². The van der Waals surface area contributed by atoms with Gasteiger partial charge in [-0.15, -0.1) is 11.3 Å². The maximum absolute atomic E-state index is 12.4. The fourth-order valence-corrected chi connectivity index (χ4v) is 3.69. The summed E-state index contributed by atoms with van der Waals surface area (Å²) in [5.41, 5.74) is 5.77. The molecule has 0 spiro atoms. The molecule has 180 valence electrons. The fraction of sp³-hybridized carbons (Fsp3) is 0.238. The highest BCUT2D eigenvalue weighted by atomic mass is 32.1. The second kappa shape index (κ2) is 12.2. The van der Waals surface area contributed by atoms with Gasteiger partial charge in [-0.2, -0.15) is 0 Å². The molecule has 3 N–H and O–H groups in total. The fourth-order valence-electron chi connectivity index (χ4n) is 2.63. The number of amides is 2. The van der Waals surface area contributed by atoms with Gasteiger partial charge in [0.25, 0.3) is 17.5 Å². The molecule has 12 nitrogen and oxygen atoms in total. The molecule has 1 heterocycles. The highest BCUT2D eigenvalue weighted by molar-refractivity contribution is 7.18. The Balaban J connectivity index is 2.03. The molecule has 0 atom stereocenters. The largest absolute Gasteiger partial charge is 0.460 e. The molecule has 34 heavy (non-hydrogen) atoms. The first kappa shape index (κ1) is 26.2. The first-order valence-electron chi connectivity index (χ1n) is 9.62. The Labute approximate surface area is 197 Å². The number of ether oxygens (including phenoxy) is 3. The van der Waals surface area contributed by atoms with Crippen molar-refractivity contribution < 1.29 is 38.3 Å². The average molecular weight is 491 g/mol. The van der Waals surface area contributed by atoms with E-state index in [2.05, 4.69) is 5.32 Å². The summed E-state index contributed by atoms with van der Waals surface area (Å²) in [5.74, 6) is -3.22. The number of hydrogen-bond donors (Lipinski definition) is 2. The molecule has 0 fully saturated rings. The minimum absolute atomic E-state index is 0.0157. The van der Waals surface area contributed by atoms with Crippen molar-refractivity contribution in [2.75, 3.05) is 32.2 Å². The van der Waals surface area contributed by atoms with Crippen LogP contribution in [0.2, 0.25) is 0 Å². The number of anilines is 1. The van der Waals surface area contributed by atoms with E-state index in [1.54, 1.807) is 6.07 Å². The number of methoxy groups -OCH3 is 1. The number of rotatable bonds is 11. The lowest BCUT2D eigenvalue weighted by Gasteiger charge is -2.08. The maximum atomic E-state index is 12.4. The van der Waals surface area contributed by atoms with Crippen LogP contribution >= 0.6 is 11.3 Å². The summed E-state index contributed by atoms with van der Waals surface area (Å²) < 4.78 is 14.7. The van der Waals surface area contributed by atoms with E-state index in [4.69, 9.17) is 19.9 Å². The Hall–Kier alpha value is -4.10. The normalized spacial score (nSPS) is 10.6. The van der Waals surface area contributed by atoms with E-state index in [-0.39, 0.29) is 39.9 Å². The molecule has 2 aromatic rings. The van der Waals surface area contributed by atoms with Crippen LogP contribution in [0.3, 0.4) is 0 Å². The summed E-state index contributed by atoms with van der Waals surface area (Å²) >= 11 is 0.787. The topological polar surface area (TPSA) is 177 Å². The monoisotopic (exact) mass is 491 g/mol. The number of nitro groups is 1. The van der Waals surface area contributed by atoms with E-state index in [0.717, 1.165) is 17.4 Å². The van der Waals surface area contributed by atoms with Gasteiger partial charge < -0.3 is 25.3 Å². The summed E-state index contributed by atoms with van der Waals surface area (Å²) in [4.78, 5) is 58.5. The van der Waals surface area contributed by atoms with Crippen molar-refractivity contribution in [2.24, 2.45) is 5.73 Å². The van der Waals surface area contributed by atoms with Crippen molar-refractivity contribution in [2.45, 2.75) is 6.92 Å². The third-order valence-corrected chi connectivity index (χ3v) is 5.41. The zero-order valence-corrected chi connectivity index (χ0v) is 19.0. The zero-order chi connectivity index (χ0) is 25.3. The second-order valence-electron chi connectivity index (χ2n) is 6.59. The second-order valence-corrected chi connectivity index (χ2v) is 7.62. The standard InChI is InChI=1S/C21H21N3O9S/c1-12-17(21(28)32-9-8-31-2)20(34-18(12)19(22)27)23-15(25)11-33-16(26)7-6-13-4-3-5-14(10-13)24(29)30/h3-7,10H,8-9,11H2,1-2H3,(H2,22,27)(H,23,25)/b7-6+. The number of benzene rings is 1. The number of non-ortho nitro benzene ring substituents is 1. The maximum Gasteiger partial charge on any atom is 0.341 e. The Morgan fingerprint density at radius 2 is 1.94 bits per heavy atom. The van der Waals surface area contributed by atoms with Crippen molar-refractivity contribution in [3.05, 3.63) is 62.0 Å². The van der Waals surface area contributed by atoms with Crippen LogP contribution in [0.4, 0.5) is 10.7 Å². The van der Waals surface area contributed by atoms with Crippen molar-refractivity contribution in [3.8, 4) is 0 Å². The van der Waals surface area contributed by atoms with Crippen LogP contribution < -0.4 is 11.1 Å². The number of nitro benzene ring substituents is 1. The number of primary amides is 1. The van der Waals surface area contributed by atoms with E-state index in [1.165, 1.54) is 38.3 Å². The van der Waals surface area contributed by atoms with E-state index in [9.17, 15) is 29.3 Å². The lowest BCUT2D eigenvalue weighted by molar-refractivity contribution is -0.384. The van der Waals surface area contributed by atoms with Crippen LogP contribution in [0, 0.1) is 17.0 Å². The summed E-state index contributed by atoms with van der Waals surface area (Å²) in [7, 11) is 1.43. The molecular formula is C21H21N3O9S. The van der Waals surface area contributed by atoms with Crippen molar-refractivity contribution >= 4 is 51.9 Å². The number of nitrogens with one attached hydrogen (secondary N) is 1. The van der Waals surface area contributed by atoms with Crippen molar-refractivity contribution in [3.63, 3.8) is 0 Å². The molecule has 0 saturated carbocycles. The number of thiophene rings is 1. The molecule has 0 aliphatic carbocycles. The zero-order valence-electron chi connectivity index (χ0n) is 18.2. The highest BCUT2D eigenvalue weighted by Crippen LogP contribution is 2.33. The van der Waals surface area contributed by atoms with Crippen LogP contribution in [0.5, 0.6) is 0 Å². The van der Waals surface area contributed by atoms with Crippen LogP contribution in [-0.2, 0) is 23.8 Å². The molecule has 13 heteroatoms. The number of carbonyl (C=O) groups excluding carboxylic acids is 4. The van der Waals surface area contributed by atoms with Crippen molar-refractivity contribution in [1.82, 2.24) is 0 Å². The lowest BCUT2D eigenvalue weighted by atomic mass is 10.1. The van der Waals surface area contributed by atoms with E-state index < -0.39 is 35.3 Å². The van der Waals surface area contributed by atoms with Crippen LogP contribution in [0.1, 0.15) is 31.2 Å². The van der Waals surface area contributed by atoms with Gasteiger partial charge in [-0.1, -0.05) is 12.1 Å². The van der Waals surface area contributed by atoms with Crippen LogP contribution in [0.15, 0.2) is 30.3 Å². The molecule has 0 bridgehead atoms. The minimum atomic E-state index is -0.874. The van der Waals surface area contributed by atoms with Gasteiger partial charge in [-0.3, -0.25) is 19.7 Å². The summed E-state index contributed by atoms with van der Waals surface area (Å²) in [6, 6.07) is 5.57. The smallest absolute Gasteiger partial charge is 0.341 e. The van der Waals surface area contributed by atoms with E-state index in [1.807, 2.05) is 0 Å². The third kappa shape index (κ3) is 7.21. The Bertz CT molecular complexity index is 1140. The van der Waals surface area contributed by atoms with Gasteiger partial charge in [0.2, 0.25) is 0 Å². The van der Waals surface area contributed by atoms with Gasteiger partial charge in [0.15, 0.2) is 6.61 Å². The predicted octanol–water partition coefficient (Wildman–Crippen LogP) is 2.06. The van der Waals surface area contributed by atoms with Gasteiger partial charge in [-0.05, 0) is 24.1 Å². The Morgan fingerprint density at radius 1 is 1.21 bits per heavy atom. The molecule has 0 radical (unpaired) electrons. The number of nitrogens with zero attached hydrogens (tertiary/aromatic N) is 1. The average Bonchev–Trinajstić information content (AvgIpc) is 3.12. The van der Waals surface area contributed by atoms with Crippen molar-refractivity contribution in [1.29, 1.82) is 0 Å². The number of nitrogens with two attached hydrogens (primary N) is 1. The van der Waals surface area contributed by atoms with Gasteiger partial charge in [0, 0.05) is 25.3 Å². The molecule has 0 aliphatic rings. The summed E-state index contributed by atoms with van der Waals surface area (Å²) in [5, 5.41) is 13.2.